The number of nitrogens with zero attached hydrogens (tertiary/aromatic N) is 2. The quantitative estimate of drug-likeness (QED) is 0.754. The number of carboxylic acids is 1. The van der Waals surface area contributed by atoms with E-state index in [9.17, 15) is 24.3 Å². The van der Waals surface area contributed by atoms with Crippen LogP contribution in [0.3, 0.4) is 0 Å². The maximum absolute atomic E-state index is 12.8. The second-order valence-electron chi connectivity index (χ2n) is 6.42. The lowest BCUT2D eigenvalue weighted by Gasteiger charge is -2.35. The molecule has 2 heterocycles. The summed E-state index contributed by atoms with van der Waals surface area (Å²) in [7, 11) is 1.68. The van der Waals surface area contributed by atoms with Crippen LogP contribution in [-0.2, 0) is 35.1 Å². The van der Waals surface area contributed by atoms with Gasteiger partial charge < -0.3 is 24.4 Å². The first-order valence-corrected chi connectivity index (χ1v) is 8.52. The van der Waals surface area contributed by atoms with Crippen LogP contribution in [0.15, 0.2) is 18.2 Å². The van der Waals surface area contributed by atoms with Crippen molar-refractivity contribution in [1.29, 1.82) is 0 Å². The number of carbonyl (C=O) groups is 4. The lowest BCUT2D eigenvalue weighted by atomic mass is 10.0. The van der Waals surface area contributed by atoms with Gasteiger partial charge in [-0.3, -0.25) is 14.4 Å². The number of ether oxygens (including phenoxy) is 2. The van der Waals surface area contributed by atoms with Gasteiger partial charge in [0.15, 0.2) is 6.10 Å². The topological polar surface area (TPSA) is 113 Å². The second kappa shape index (κ2) is 7.36. The number of benzene rings is 1. The average Bonchev–Trinajstić information content (AvgIpc) is 2.63. The minimum atomic E-state index is -1.72. The molecular formula is C18H20N2O7. The molecule has 3 rings (SSSR count). The summed E-state index contributed by atoms with van der Waals surface area (Å²) in [6.45, 7) is 1.38. The van der Waals surface area contributed by atoms with Crippen molar-refractivity contribution in [2.75, 3.05) is 30.0 Å². The summed E-state index contributed by atoms with van der Waals surface area (Å²) in [5.74, 6) is -2.89. The molecule has 2 amide bonds. The number of esters is 1. The smallest absolute Gasteiger partial charge is 0.348 e. The Morgan fingerprint density at radius 2 is 2.04 bits per heavy atom. The van der Waals surface area contributed by atoms with Gasteiger partial charge in [0.05, 0.1) is 6.61 Å². The molecule has 0 saturated carbocycles. The summed E-state index contributed by atoms with van der Waals surface area (Å²) < 4.78 is 10.1. The molecule has 0 radical (unpaired) electrons. The van der Waals surface area contributed by atoms with Crippen LogP contribution >= 0.6 is 0 Å². The highest BCUT2D eigenvalue weighted by Crippen LogP contribution is 2.32. The van der Waals surface area contributed by atoms with Crippen LogP contribution < -0.4 is 9.80 Å². The molecular weight excluding hydrogens is 356 g/mol. The third-order valence-electron chi connectivity index (χ3n) is 4.66. The van der Waals surface area contributed by atoms with Gasteiger partial charge in [-0.1, -0.05) is 6.07 Å². The number of fused-ring (bicyclic) bond motifs is 1. The van der Waals surface area contributed by atoms with Crippen molar-refractivity contribution >= 4 is 35.1 Å². The van der Waals surface area contributed by atoms with E-state index in [-0.39, 0.29) is 19.1 Å². The Kier molecular flexibility index (Phi) is 5.13. The van der Waals surface area contributed by atoms with E-state index in [0.29, 0.717) is 18.5 Å². The first-order valence-electron chi connectivity index (χ1n) is 8.52. The standard InChI is InChI=1S/C18H20N2O7/c1-10(21)27-16(18(24)25)15-17(23)20(7-8-26-15)12-5-3-11-4-6-14(22)19(2)13(11)9-12/h3,5,9,15-16H,4,6-8H2,1-2H3,(H,24,25)/t15-,16-/m1/s1. The largest absolute Gasteiger partial charge is 0.478 e. The molecule has 0 bridgehead atoms. The highest BCUT2D eigenvalue weighted by atomic mass is 16.6. The predicted octanol–water partition coefficient (Wildman–Crippen LogP) is 0.344. The molecule has 1 N–H and O–H groups in total. The van der Waals surface area contributed by atoms with Gasteiger partial charge in [0.25, 0.3) is 5.91 Å². The summed E-state index contributed by atoms with van der Waals surface area (Å²) in [5, 5.41) is 9.30. The van der Waals surface area contributed by atoms with Crippen LogP contribution in [0.2, 0.25) is 0 Å². The fourth-order valence-corrected chi connectivity index (χ4v) is 3.29. The molecule has 27 heavy (non-hydrogen) atoms. The molecule has 1 aromatic rings. The molecule has 9 heteroatoms. The van der Waals surface area contributed by atoms with E-state index >= 15 is 0 Å². The van der Waals surface area contributed by atoms with Gasteiger partial charge in [-0.2, -0.15) is 0 Å². The zero-order valence-corrected chi connectivity index (χ0v) is 15.0. The minimum absolute atomic E-state index is 0.00775. The Bertz CT molecular complexity index is 807. The molecule has 1 saturated heterocycles. The molecule has 0 unspecified atom stereocenters. The van der Waals surface area contributed by atoms with Gasteiger partial charge in [-0.15, -0.1) is 0 Å². The SMILES string of the molecule is CC(=O)O[C@@H](C(=O)O)[C@H]1OCCN(c2ccc3c(c2)N(C)C(=O)CC3)C1=O. The third-order valence-corrected chi connectivity index (χ3v) is 4.66. The molecule has 0 aliphatic carbocycles. The Balaban J connectivity index is 1.89. The average molecular weight is 376 g/mol. The molecule has 2 aliphatic rings. The van der Waals surface area contributed by atoms with E-state index in [1.165, 1.54) is 4.90 Å². The first kappa shape index (κ1) is 18.8. The van der Waals surface area contributed by atoms with Crippen LogP contribution in [0, 0.1) is 0 Å². The summed E-state index contributed by atoms with van der Waals surface area (Å²) in [5.41, 5.74) is 2.25. The van der Waals surface area contributed by atoms with Gasteiger partial charge in [0.2, 0.25) is 12.0 Å². The third kappa shape index (κ3) is 3.63. The molecule has 2 aliphatic heterocycles. The summed E-state index contributed by atoms with van der Waals surface area (Å²) in [6.07, 6.45) is -2.09. The maximum Gasteiger partial charge on any atom is 0.348 e. The van der Waals surface area contributed by atoms with E-state index in [4.69, 9.17) is 9.47 Å². The number of hydrogen-bond donors (Lipinski definition) is 1. The monoisotopic (exact) mass is 376 g/mol. The van der Waals surface area contributed by atoms with Crippen molar-refractivity contribution < 1.29 is 33.8 Å². The summed E-state index contributed by atoms with van der Waals surface area (Å²) >= 11 is 0. The number of morpholine rings is 1. The number of amides is 2. The zero-order chi connectivity index (χ0) is 19.7. The highest BCUT2D eigenvalue weighted by molar-refractivity contribution is 6.02. The molecule has 0 aromatic heterocycles. The van der Waals surface area contributed by atoms with Crippen molar-refractivity contribution in [1.82, 2.24) is 0 Å². The van der Waals surface area contributed by atoms with Crippen molar-refractivity contribution in [3.8, 4) is 0 Å². The van der Waals surface area contributed by atoms with Crippen LogP contribution in [0.4, 0.5) is 11.4 Å². The number of aryl methyl sites for hydroxylation is 1. The normalized spacial score (nSPS) is 20.9. The number of aliphatic carboxylic acids is 1. The molecule has 144 valence electrons. The summed E-state index contributed by atoms with van der Waals surface area (Å²) in [6, 6.07) is 5.34. The Morgan fingerprint density at radius 1 is 1.30 bits per heavy atom. The van der Waals surface area contributed by atoms with Gasteiger partial charge >= 0.3 is 11.9 Å². The number of carbonyl (C=O) groups excluding carboxylic acids is 3. The number of anilines is 2. The van der Waals surface area contributed by atoms with Crippen LogP contribution in [0.5, 0.6) is 0 Å². The molecule has 0 spiro atoms. The number of hydrogen-bond acceptors (Lipinski definition) is 6. The van der Waals surface area contributed by atoms with Crippen molar-refractivity contribution in [2.24, 2.45) is 0 Å². The van der Waals surface area contributed by atoms with E-state index < -0.39 is 30.1 Å². The Hall–Kier alpha value is -2.94. The molecule has 1 fully saturated rings. The summed E-state index contributed by atoms with van der Waals surface area (Å²) in [4.78, 5) is 50.3. The zero-order valence-electron chi connectivity index (χ0n) is 15.0. The van der Waals surface area contributed by atoms with Gasteiger partial charge in [-0.25, -0.2) is 4.79 Å². The fourth-order valence-electron chi connectivity index (χ4n) is 3.29. The van der Waals surface area contributed by atoms with Crippen molar-refractivity contribution in [3.63, 3.8) is 0 Å². The predicted molar refractivity (Wildman–Crippen MR) is 93.5 cm³/mol. The van der Waals surface area contributed by atoms with E-state index in [2.05, 4.69) is 0 Å². The van der Waals surface area contributed by atoms with Crippen LogP contribution in [-0.4, -0.2) is 61.3 Å². The second-order valence-corrected chi connectivity index (χ2v) is 6.42. The van der Waals surface area contributed by atoms with E-state index in [0.717, 1.165) is 18.2 Å². The van der Waals surface area contributed by atoms with E-state index in [1.54, 1.807) is 24.1 Å². The van der Waals surface area contributed by atoms with Gasteiger partial charge in [0, 0.05) is 38.3 Å². The number of carboxylic acid groups (broad SMARTS) is 1. The van der Waals surface area contributed by atoms with Gasteiger partial charge in [-0.05, 0) is 24.1 Å². The van der Waals surface area contributed by atoms with Crippen molar-refractivity contribution in [3.05, 3.63) is 23.8 Å². The fraction of sp³-hybridized carbons (Fsp3) is 0.444. The minimum Gasteiger partial charge on any atom is -0.478 e. The van der Waals surface area contributed by atoms with Gasteiger partial charge in [0.1, 0.15) is 0 Å². The molecule has 1 aromatic carbocycles. The molecule has 2 atom stereocenters. The Labute approximate surface area is 155 Å². The van der Waals surface area contributed by atoms with Crippen LogP contribution in [0.25, 0.3) is 0 Å². The van der Waals surface area contributed by atoms with E-state index in [1.807, 2.05) is 6.07 Å². The lowest BCUT2D eigenvalue weighted by Crippen LogP contribution is -2.55. The highest BCUT2D eigenvalue weighted by Gasteiger charge is 2.42. The first-order chi connectivity index (χ1) is 12.8. The number of rotatable bonds is 4. The lowest BCUT2D eigenvalue weighted by molar-refractivity contribution is -0.177. The van der Waals surface area contributed by atoms with Crippen LogP contribution in [0.1, 0.15) is 18.9 Å². The molecule has 9 nitrogen and oxygen atoms in total. The Morgan fingerprint density at radius 3 is 2.70 bits per heavy atom. The van der Waals surface area contributed by atoms with Crippen molar-refractivity contribution in [2.45, 2.75) is 32.0 Å². The maximum atomic E-state index is 12.8.